The van der Waals surface area contributed by atoms with Crippen LogP contribution >= 0.6 is 0 Å². The topological polar surface area (TPSA) is 187 Å². The van der Waals surface area contributed by atoms with E-state index in [4.69, 9.17) is 5.11 Å². The maximum Gasteiger partial charge on any atom is 0.339 e. The lowest BCUT2D eigenvalue weighted by Gasteiger charge is -2.17. The summed E-state index contributed by atoms with van der Waals surface area (Å²) in [5.41, 5.74) is 9.76. The smallest absolute Gasteiger partial charge is 0.339 e. The molecule has 6 rings (SSSR count). The first-order valence-electron chi connectivity index (χ1n) is 14.3. The Morgan fingerprint density at radius 1 is 0.688 bits per heavy atom. The molecule has 2 aliphatic rings. The van der Waals surface area contributed by atoms with Crippen molar-refractivity contribution in [3.8, 4) is 11.1 Å². The fourth-order valence-electron chi connectivity index (χ4n) is 4.87. The number of carbonyl (C=O) groups is 3. The quantitative estimate of drug-likeness (QED) is 0.0626. The fourth-order valence-corrected chi connectivity index (χ4v) is 5.53. The second-order valence-corrected chi connectivity index (χ2v) is 11.9. The van der Waals surface area contributed by atoms with Gasteiger partial charge in [-0.25, -0.2) is 4.79 Å². The summed E-state index contributed by atoms with van der Waals surface area (Å²) in [5.74, 6) is -2.60. The lowest BCUT2D eigenvalue weighted by Crippen LogP contribution is -2.27. The molecule has 0 aliphatic heterocycles. The van der Waals surface area contributed by atoms with Gasteiger partial charge >= 0.3 is 5.97 Å². The predicted molar refractivity (Wildman–Crippen MR) is 184 cm³/mol. The SMILES string of the molecule is O=C(O)C1=C/C(=N/Nc2ccc(-c3ccc(N/N=C4/C(=O)c5cc(Nc6ccccc6)ccc5C=C4S(=O)(=O)O)cc3)cc2)C=CC1=O. The van der Waals surface area contributed by atoms with Crippen LogP contribution in [0.4, 0.5) is 22.7 Å². The predicted octanol–water partition coefficient (Wildman–Crippen LogP) is 5.91. The Balaban J connectivity index is 1.16. The largest absolute Gasteiger partial charge is 0.478 e. The van der Waals surface area contributed by atoms with E-state index in [-0.39, 0.29) is 16.8 Å². The highest BCUT2D eigenvalue weighted by Crippen LogP contribution is 2.30. The molecule has 12 nitrogen and oxygen atoms in total. The second-order valence-electron chi connectivity index (χ2n) is 10.5. The van der Waals surface area contributed by atoms with Crippen molar-refractivity contribution >= 4 is 67.9 Å². The average molecular weight is 660 g/mol. The molecule has 0 aromatic heterocycles. The summed E-state index contributed by atoms with van der Waals surface area (Å²) in [6.45, 7) is 0. The second kappa shape index (κ2) is 13.1. The number of nitrogens with zero attached hydrogens (tertiary/aromatic N) is 2. The lowest BCUT2D eigenvalue weighted by atomic mass is 9.94. The molecule has 0 atom stereocenters. The van der Waals surface area contributed by atoms with Gasteiger partial charge in [-0.2, -0.15) is 18.6 Å². The van der Waals surface area contributed by atoms with E-state index >= 15 is 0 Å². The standard InChI is InChI=1S/C35H25N5O7S/c41-31-17-16-28(20-30(31)35(43)44)39-37-25-11-6-21(7-12-25)22-8-13-26(14-9-22)38-40-33-32(48(45,46)47)18-23-10-15-27(19-29(23)34(33)42)36-24-4-2-1-3-5-24/h1-20,36-38H,(H,43,44)(H,45,46,47)/b39-28+,40-33+. The average Bonchev–Trinajstić information content (AvgIpc) is 3.08. The van der Waals surface area contributed by atoms with Crippen LogP contribution < -0.4 is 16.2 Å². The molecule has 0 saturated heterocycles. The van der Waals surface area contributed by atoms with Crippen LogP contribution in [0.5, 0.6) is 0 Å². The van der Waals surface area contributed by atoms with Crippen LogP contribution in [0.25, 0.3) is 17.2 Å². The van der Waals surface area contributed by atoms with Gasteiger partial charge in [0, 0.05) is 16.9 Å². The highest BCUT2D eigenvalue weighted by molar-refractivity contribution is 7.91. The first-order chi connectivity index (χ1) is 23.0. The van der Waals surface area contributed by atoms with E-state index in [1.165, 1.54) is 18.2 Å². The third-order valence-electron chi connectivity index (χ3n) is 7.28. The number of para-hydroxylation sites is 1. The Morgan fingerprint density at radius 2 is 1.29 bits per heavy atom. The van der Waals surface area contributed by atoms with Gasteiger partial charge in [-0.3, -0.25) is 25.0 Å². The maximum atomic E-state index is 13.5. The van der Waals surface area contributed by atoms with Crippen LogP contribution in [0, 0.1) is 0 Å². The molecule has 0 saturated carbocycles. The molecule has 0 amide bonds. The highest BCUT2D eigenvalue weighted by atomic mass is 32.2. The number of hydrazone groups is 2. The summed E-state index contributed by atoms with van der Waals surface area (Å²) in [4.78, 5) is 35.7. The molecule has 0 radical (unpaired) electrons. The van der Waals surface area contributed by atoms with Crippen molar-refractivity contribution in [1.82, 2.24) is 0 Å². The fraction of sp³-hybridized carbons (Fsp3) is 0. The zero-order chi connectivity index (χ0) is 33.8. The monoisotopic (exact) mass is 659 g/mol. The minimum atomic E-state index is -4.78. The number of aliphatic carboxylic acids is 1. The van der Waals surface area contributed by atoms with Crippen molar-refractivity contribution < 1.29 is 32.5 Å². The van der Waals surface area contributed by atoms with Crippen molar-refractivity contribution in [3.63, 3.8) is 0 Å². The number of nitrogens with one attached hydrogen (secondary N) is 3. The summed E-state index contributed by atoms with van der Waals surface area (Å²) in [7, 11) is -4.78. The maximum absolute atomic E-state index is 13.5. The van der Waals surface area contributed by atoms with E-state index in [2.05, 4.69) is 26.4 Å². The first kappa shape index (κ1) is 31.5. The molecule has 2 aliphatic carbocycles. The lowest BCUT2D eigenvalue weighted by molar-refractivity contribution is -0.134. The minimum absolute atomic E-state index is 0.218. The molecule has 238 valence electrons. The van der Waals surface area contributed by atoms with Crippen LogP contribution in [0.2, 0.25) is 0 Å². The molecular weight excluding hydrogens is 634 g/mol. The van der Waals surface area contributed by atoms with Crippen LogP contribution in [0.1, 0.15) is 15.9 Å². The number of hydrogen-bond acceptors (Lipinski definition) is 10. The van der Waals surface area contributed by atoms with Gasteiger partial charge in [0.05, 0.1) is 17.1 Å². The number of Topliss-reactive ketones (excluding diaryl/α,β-unsaturated/α-hetero) is 1. The number of fused-ring (bicyclic) bond motifs is 1. The van der Waals surface area contributed by atoms with Crippen LogP contribution in [-0.2, 0) is 19.7 Å². The number of carboxylic acid groups (broad SMARTS) is 1. The summed E-state index contributed by atoms with van der Waals surface area (Å²) in [5, 5.41) is 20.6. The summed E-state index contributed by atoms with van der Waals surface area (Å²) in [6.07, 6.45) is 4.97. The zero-order valence-corrected chi connectivity index (χ0v) is 25.6. The van der Waals surface area contributed by atoms with Crippen molar-refractivity contribution in [1.29, 1.82) is 0 Å². The van der Waals surface area contributed by atoms with Gasteiger partial charge < -0.3 is 10.4 Å². The molecule has 4 aromatic carbocycles. The van der Waals surface area contributed by atoms with Crippen molar-refractivity contribution in [2.45, 2.75) is 0 Å². The molecule has 4 aromatic rings. The first-order valence-corrected chi connectivity index (χ1v) is 15.7. The van der Waals surface area contributed by atoms with E-state index in [0.717, 1.165) is 22.9 Å². The Hall–Kier alpha value is -6.44. The Labute approximate surface area is 274 Å². The van der Waals surface area contributed by atoms with E-state index < -0.39 is 38.3 Å². The van der Waals surface area contributed by atoms with E-state index in [1.807, 2.05) is 42.5 Å². The van der Waals surface area contributed by atoms with Gasteiger partial charge in [-0.05, 0) is 89.5 Å². The number of benzene rings is 4. The molecule has 0 fully saturated rings. The Morgan fingerprint density at radius 3 is 1.90 bits per heavy atom. The van der Waals surface area contributed by atoms with E-state index in [0.29, 0.717) is 22.6 Å². The zero-order valence-electron chi connectivity index (χ0n) is 24.8. The summed E-state index contributed by atoms with van der Waals surface area (Å²) < 4.78 is 34.4. The van der Waals surface area contributed by atoms with Gasteiger partial charge in [0.25, 0.3) is 10.1 Å². The van der Waals surface area contributed by atoms with Gasteiger partial charge in [-0.1, -0.05) is 48.5 Å². The number of rotatable bonds is 9. The summed E-state index contributed by atoms with van der Waals surface area (Å²) in [6, 6.07) is 28.4. The number of carboxylic acids is 1. The number of hydrogen-bond donors (Lipinski definition) is 5. The molecule has 0 bridgehead atoms. The van der Waals surface area contributed by atoms with Crippen LogP contribution in [0.3, 0.4) is 0 Å². The van der Waals surface area contributed by atoms with E-state index in [9.17, 15) is 27.4 Å². The van der Waals surface area contributed by atoms with Crippen LogP contribution in [-0.4, -0.2) is 47.0 Å². The number of carbonyl (C=O) groups excluding carboxylic acids is 2. The van der Waals surface area contributed by atoms with Crippen molar-refractivity contribution in [2.75, 3.05) is 16.2 Å². The van der Waals surface area contributed by atoms with Gasteiger partial charge in [0.15, 0.2) is 11.5 Å². The number of anilines is 4. The van der Waals surface area contributed by atoms with Gasteiger partial charge in [-0.15, -0.1) is 0 Å². The normalized spacial score (nSPS) is 15.9. The van der Waals surface area contributed by atoms with Gasteiger partial charge in [0.1, 0.15) is 10.5 Å². The number of allylic oxidation sites excluding steroid dienone is 4. The molecule has 0 unspecified atom stereocenters. The van der Waals surface area contributed by atoms with Gasteiger partial charge in [0.2, 0.25) is 5.78 Å². The Kier molecular flexibility index (Phi) is 8.62. The third kappa shape index (κ3) is 7.02. The molecule has 0 heterocycles. The van der Waals surface area contributed by atoms with Crippen LogP contribution in [0.15, 0.2) is 136 Å². The number of ketones is 2. The molecule has 13 heteroatoms. The van der Waals surface area contributed by atoms with Crippen molar-refractivity contribution in [2.24, 2.45) is 10.2 Å². The van der Waals surface area contributed by atoms with E-state index in [1.54, 1.807) is 54.6 Å². The highest BCUT2D eigenvalue weighted by Gasteiger charge is 2.33. The molecule has 0 spiro atoms. The molecular formula is C35H25N5O7S. The third-order valence-corrected chi connectivity index (χ3v) is 8.15. The van der Waals surface area contributed by atoms with Crippen molar-refractivity contribution in [3.05, 3.63) is 137 Å². The summed E-state index contributed by atoms with van der Waals surface area (Å²) >= 11 is 0. The molecule has 5 N–H and O–H groups in total. The molecule has 48 heavy (non-hydrogen) atoms. The Bertz CT molecular complexity index is 2220. The minimum Gasteiger partial charge on any atom is -0.478 e.